The van der Waals surface area contributed by atoms with Crippen LogP contribution in [-0.4, -0.2) is 85.8 Å². The molecule has 0 bridgehead atoms. The number of aromatic amines is 1. The Hall–Kier alpha value is -1.63. The first-order chi connectivity index (χ1) is 12.9. The summed E-state index contributed by atoms with van der Waals surface area (Å²) in [7, 11) is 2.20. The van der Waals surface area contributed by atoms with Crippen LogP contribution in [0.2, 0.25) is 0 Å². The molecule has 2 fully saturated rings. The van der Waals surface area contributed by atoms with Gasteiger partial charge in [-0.05, 0) is 31.7 Å². The molecule has 0 aliphatic carbocycles. The number of hydrogen-bond acceptors (Lipinski definition) is 5. The molecule has 3 heterocycles. The highest BCUT2D eigenvalue weighted by Gasteiger charge is 2.29. The summed E-state index contributed by atoms with van der Waals surface area (Å²) in [6, 6.07) is 4.59. The lowest BCUT2D eigenvalue weighted by Gasteiger charge is -2.34. The molecule has 2 saturated heterocycles. The molecule has 0 unspecified atom stereocenters. The Labute approximate surface area is 162 Å². The number of imidazole rings is 1. The van der Waals surface area contributed by atoms with Crippen molar-refractivity contribution < 1.29 is 4.74 Å². The third-order valence-corrected chi connectivity index (χ3v) is 5.99. The number of piperazine rings is 1. The Bertz CT molecular complexity index is 785. The van der Waals surface area contributed by atoms with Gasteiger partial charge in [-0.3, -0.25) is 4.90 Å². The summed E-state index contributed by atoms with van der Waals surface area (Å²) >= 11 is 0. The van der Waals surface area contributed by atoms with Gasteiger partial charge in [0.25, 0.3) is 0 Å². The maximum absolute atomic E-state index is 5.49. The Morgan fingerprint density at radius 1 is 1.07 bits per heavy atom. The molecule has 2 aliphatic rings. The van der Waals surface area contributed by atoms with E-state index in [1.165, 1.54) is 11.3 Å². The van der Waals surface area contributed by atoms with Crippen molar-refractivity contribution >= 4 is 16.7 Å². The van der Waals surface area contributed by atoms with E-state index < -0.39 is 0 Å². The van der Waals surface area contributed by atoms with Gasteiger partial charge in [-0.15, -0.1) is 0 Å². The van der Waals surface area contributed by atoms with Crippen LogP contribution >= 0.6 is 0 Å². The number of likely N-dealkylation sites (N-methyl/N-ethyl adjacent to an activating group) is 1. The first kappa shape index (κ1) is 18.7. The molecule has 6 nitrogen and oxygen atoms in total. The SMILES string of the molecule is Cc1cc(N2CCN(C)CC2)cc2[nH]c(C(C)(C)CN3CCOCC3)nc12. The normalized spacial score (nSPS) is 20.5. The fourth-order valence-corrected chi connectivity index (χ4v) is 4.23. The van der Waals surface area contributed by atoms with Gasteiger partial charge < -0.3 is 19.5 Å². The molecule has 2 aromatic rings. The van der Waals surface area contributed by atoms with Gasteiger partial charge >= 0.3 is 0 Å². The van der Waals surface area contributed by atoms with E-state index in [0.717, 1.165) is 75.9 Å². The number of nitrogens with zero attached hydrogens (tertiary/aromatic N) is 4. The van der Waals surface area contributed by atoms with Crippen molar-refractivity contribution in [3.8, 4) is 0 Å². The Morgan fingerprint density at radius 2 is 1.78 bits per heavy atom. The minimum Gasteiger partial charge on any atom is -0.379 e. The number of aromatic nitrogens is 2. The summed E-state index contributed by atoms with van der Waals surface area (Å²) in [6.07, 6.45) is 0. The molecule has 27 heavy (non-hydrogen) atoms. The van der Waals surface area contributed by atoms with Crippen molar-refractivity contribution in [1.29, 1.82) is 0 Å². The fourth-order valence-electron chi connectivity index (χ4n) is 4.23. The lowest BCUT2D eigenvalue weighted by molar-refractivity contribution is 0.0290. The molecule has 0 radical (unpaired) electrons. The highest BCUT2D eigenvalue weighted by molar-refractivity contribution is 5.83. The number of hydrogen-bond donors (Lipinski definition) is 1. The van der Waals surface area contributed by atoms with Crippen LogP contribution in [0.3, 0.4) is 0 Å². The number of fused-ring (bicyclic) bond motifs is 1. The zero-order valence-electron chi connectivity index (χ0n) is 17.2. The van der Waals surface area contributed by atoms with Crippen molar-refractivity contribution in [2.45, 2.75) is 26.2 Å². The first-order valence-corrected chi connectivity index (χ1v) is 10.2. The molecule has 1 aromatic heterocycles. The number of aryl methyl sites for hydroxylation is 1. The summed E-state index contributed by atoms with van der Waals surface area (Å²) in [5, 5.41) is 0. The summed E-state index contributed by atoms with van der Waals surface area (Å²) < 4.78 is 5.49. The highest BCUT2D eigenvalue weighted by atomic mass is 16.5. The van der Waals surface area contributed by atoms with Gasteiger partial charge in [0.15, 0.2) is 0 Å². The van der Waals surface area contributed by atoms with Crippen molar-refractivity contribution in [2.24, 2.45) is 0 Å². The molecule has 0 amide bonds. The van der Waals surface area contributed by atoms with E-state index >= 15 is 0 Å². The summed E-state index contributed by atoms with van der Waals surface area (Å²) in [6.45, 7) is 15.9. The molecule has 6 heteroatoms. The third-order valence-electron chi connectivity index (χ3n) is 5.99. The van der Waals surface area contributed by atoms with Crippen molar-refractivity contribution in [2.75, 3.05) is 71.0 Å². The predicted octanol–water partition coefficient (Wildman–Crippen LogP) is 2.23. The number of benzene rings is 1. The van der Waals surface area contributed by atoms with Crippen LogP contribution in [0.5, 0.6) is 0 Å². The number of anilines is 1. The molecule has 0 spiro atoms. The maximum Gasteiger partial charge on any atom is 0.114 e. The minimum absolute atomic E-state index is 0.0171. The second-order valence-corrected chi connectivity index (χ2v) is 8.81. The molecule has 0 saturated carbocycles. The number of rotatable bonds is 4. The van der Waals surface area contributed by atoms with Gasteiger partial charge in [0, 0.05) is 56.9 Å². The molecule has 1 aromatic carbocycles. The maximum atomic E-state index is 5.49. The zero-order valence-corrected chi connectivity index (χ0v) is 17.2. The summed E-state index contributed by atoms with van der Waals surface area (Å²) in [5.74, 6) is 1.09. The monoisotopic (exact) mass is 371 g/mol. The fraction of sp³-hybridized carbons (Fsp3) is 0.667. The van der Waals surface area contributed by atoms with Crippen LogP contribution in [0, 0.1) is 6.92 Å². The van der Waals surface area contributed by atoms with Gasteiger partial charge in [0.1, 0.15) is 5.82 Å². The van der Waals surface area contributed by atoms with Crippen LogP contribution in [0.25, 0.3) is 11.0 Å². The van der Waals surface area contributed by atoms with Crippen LogP contribution in [0.4, 0.5) is 5.69 Å². The molecular weight excluding hydrogens is 338 g/mol. The zero-order chi connectivity index (χ0) is 19.0. The van der Waals surface area contributed by atoms with E-state index in [4.69, 9.17) is 9.72 Å². The molecule has 148 valence electrons. The van der Waals surface area contributed by atoms with E-state index in [9.17, 15) is 0 Å². The molecule has 0 atom stereocenters. The van der Waals surface area contributed by atoms with Crippen molar-refractivity contribution in [3.63, 3.8) is 0 Å². The standard InChI is InChI=1S/C21H33N5O/c1-16-13-17(26-7-5-24(4)6-8-26)14-18-19(16)23-20(22-18)21(2,3)15-25-9-11-27-12-10-25/h13-14H,5-12,15H2,1-4H3,(H,22,23). The van der Waals surface area contributed by atoms with Gasteiger partial charge in [-0.2, -0.15) is 0 Å². The lowest BCUT2D eigenvalue weighted by atomic mass is 9.91. The second kappa shape index (κ2) is 7.41. The van der Waals surface area contributed by atoms with E-state index in [2.05, 4.69) is 59.6 Å². The van der Waals surface area contributed by atoms with E-state index in [1.807, 2.05) is 0 Å². The van der Waals surface area contributed by atoms with Gasteiger partial charge in [-0.25, -0.2) is 4.98 Å². The quantitative estimate of drug-likeness (QED) is 0.893. The molecule has 4 rings (SSSR count). The van der Waals surface area contributed by atoms with Gasteiger partial charge in [-0.1, -0.05) is 13.8 Å². The Morgan fingerprint density at radius 3 is 2.48 bits per heavy atom. The highest BCUT2D eigenvalue weighted by Crippen LogP contribution is 2.29. The van der Waals surface area contributed by atoms with E-state index in [0.29, 0.717) is 0 Å². The largest absolute Gasteiger partial charge is 0.379 e. The van der Waals surface area contributed by atoms with Crippen LogP contribution in [-0.2, 0) is 10.2 Å². The predicted molar refractivity (Wildman–Crippen MR) is 111 cm³/mol. The van der Waals surface area contributed by atoms with Crippen molar-refractivity contribution in [1.82, 2.24) is 19.8 Å². The summed E-state index contributed by atoms with van der Waals surface area (Å²) in [4.78, 5) is 16.0. The van der Waals surface area contributed by atoms with E-state index in [1.54, 1.807) is 0 Å². The van der Waals surface area contributed by atoms with Crippen LogP contribution in [0.1, 0.15) is 25.2 Å². The Kier molecular flexibility index (Phi) is 5.14. The number of morpholine rings is 1. The molecule has 1 N–H and O–H groups in total. The van der Waals surface area contributed by atoms with Crippen LogP contribution < -0.4 is 4.90 Å². The second-order valence-electron chi connectivity index (χ2n) is 8.81. The van der Waals surface area contributed by atoms with Gasteiger partial charge in [0.2, 0.25) is 0 Å². The minimum atomic E-state index is -0.0171. The first-order valence-electron chi connectivity index (χ1n) is 10.2. The van der Waals surface area contributed by atoms with Crippen LogP contribution in [0.15, 0.2) is 12.1 Å². The Balaban J connectivity index is 1.58. The summed E-state index contributed by atoms with van der Waals surface area (Å²) in [5.41, 5.74) is 4.82. The average Bonchev–Trinajstić information content (AvgIpc) is 3.09. The molecule has 2 aliphatic heterocycles. The van der Waals surface area contributed by atoms with E-state index in [-0.39, 0.29) is 5.41 Å². The lowest BCUT2D eigenvalue weighted by Crippen LogP contribution is -2.44. The topological polar surface area (TPSA) is 47.6 Å². The van der Waals surface area contributed by atoms with Crippen molar-refractivity contribution in [3.05, 3.63) is 23.5 Å². The number of ether oxygens (including phenoxy) is 1. The number of H-pyrrole nitrogens is 1. The smallest absolute Gasteiger partial charge is 0.114 e. The third kappa shape index (κ3) is 3.98. The van der Waals surface area contributed by atoms with Gasteiger partial charge in [0.05, 0.1) is 24.2 Å². The number of nitrogens with one attached hydrogen (secondary N) is 1. The average molecular weight is 372 g/mol. The molecular formula is C21H33N5O.